The van der Waals surface area contributed by atoms with E-state index in [9.17, 15) is 22.8 Å². The van der Waals surface area contributed by atoms with Crippen molar-refractivity contribution >= 4 is 27.9 Å². The van der Waals surface area contributed by atoms with Gasteiger partial charge in [0.1, 0.15) is 0 Å². The van der Waals surface area contributed by atoms with Gasteiger partial charge in [-0.05, 0) is 19.3 Å². The molecular weight excluding hydrogens is 381 g/mol. The van der Waals surface area contributed by atoms with E-state index in [1.54, 1.807) is 13.8 Å². The molecule has 0 saturated heterocycles. The van der Waals surface area contributed by atoms with Crippen LogP contribution < -0.4 is 0 Å². The smallest absolute Gasteiger partial charge is 0.426 e. The highest BCUT2D eigenvalue weighted by Crippen LogP contribution is 2.33. The Morgan fingerprint density at radius 3 is 2.00 bits per heavy atom. The fraction of sp³-hybridized carbons (Fsp3) is 0.867. The summed E-state index contributed by atoms with van der Waals surface area (Å²) in [5.74, 6) is -2.01. The van der Waals surface area contributed by atoms with Gasteiger partial charge >= 0.3 is 18.1 Å². The maximum absolute atomic E-state index is 12.7. The summed E-state index contributed by atoms with van der Waals surface area (Å²) in [6.45, 7) is 5.23. The lowest BCUT2D eigenvalue weighted by Crippen LogP contribution is -2.45. The third-order valence-corrected chi connectivity index (χ3v) is 4.31. The number of esters is 2. The van der Waals surface area contributed by atoms with E-state index >= 15 is 0 Å². The molecule has 0 aromatic carbocycles. The SMILES string of the molecule is CCCCCOC(=O)C(CC)(CC)C(=O)OC(CBr)C(F)(F)F. The number of ether oxygens (including phenoxy) is 2. The van der Waals surface area contributed by atoms with Gasteiger partial charge in [0.15, 0.2) is 5.41 Å². The van der Waals surface area contributed by atoms with Gasteiger partial charge < -0.3 is 9.47 Å². The van der Waals surface area contributed by atoms with E-state index in [-0.39, 0.29) is 19.4 Å². The van der Waals surface area contributed by atoms with Crippen molar-refractivity contribution in [2.45, 2.75) is 65.2 Å². The molecule has 1 unspecified atom stereocenters. The van der Waals surface area contributed by atoms with Gasteiger partial charge in [-0.3, -0.25) is 9.59 Å². The Bertz CT molecular complexity index is 381. The molecule has 0 N–H and O–H groups in total. The fourth-order valence-electron chi connectivity index (χ4n) is 1.99. The van der Waals surface area contributed by atoms with Crippen molar-refractivity contribution in [3.8, 4) is 0 Å². The second-order valence-corrected chi connectivity index (χ2v) is 5.87. The topological polar surface area (TPSA) is 52.6 Å². The molecule has 0 saturated carbocycles. The quantitative estimate of drug-likeness (QED) is 0.234. The van der Waals surface area contributed by atoms with E-state index in [4.69, 9.17) is 4.74 Å². The average molecular weight is 405 g/mol. The first-order valence-corrected chi connectivity index (χ1v) is 8.82. The van der Waals surface area contributed by atoms with Crippen LogP contribution in [0.3, 0.4) is 0 Å². The number of carbonyl (C=O) groups excluding carboxylic acids is 2. The van der Waals surface area contributed by atoms with Crippen LogP contribution in [0.25, 0.3) is 0 Å². The molecule has 0 aromatic heterocycles. The maximum Gasteiger partial charge on any atom is 0.426 e. The predicted octanol–water partition coefficient (Wildman–Crippen LogP) is 4.40. The van der Waals surface area contributed by atoms with E-state index < -0.39 is 35.0 Å². The van der Waals surface area contributed by atoms with Crippen LogP contribution in [0, 0.1) is 5.41 Å². The average Bonchev–Trinajstić information content (AvgIpc) is 2.49. The van der Waals surface area contributed by atoms with Crippen molar-refractivity contribution in [2.75, 3.05) is 11.9 Å². The highest BCUT2D eigenvalue weighted by atomic mass is 79.9. The van der Waals surface area contributed by atoms with Crippen molar-refractivity contribution in [1.29, 1.82) is 0 Å². The summed E-state index contributed by atoms with van der Waals surface area (Å²) in [7, 11) is 0. The molecule has 4 nitrogen and oxygen atoms in total. The predicted molar refractivity (Wildman–Crippen MR) is 83.2 cm³/mol. The lowest BCUT2D eigenvalue weighted by molar-refractivity contribution is -0.222. The number of hydrogen-bond acceptors (Lipinski definition) is 4. The monoisotopic (exact) mass is 404 g/mol. The highest BCUT2D eigenvalue weighted by Gasteiger charge is 2.50. The second kappa shape index (κ2) is 10.2. The van der Waals surface area contributed by atoms with E-state index in [1.165, 1.54) is 0 Å². The molecule has 0 aliphatic rings. The number of carbonyl (C=O) groups is 2. The molecule has 0 fully saturated rings. The number of rotatable bonds is 10. The minimum absolute atomic E-state index is 0.0157. The van der Waals surface area contributed by atoms with Crippen LogP contribution in [0.1, 0.15) is 52.9 Å². The summed E-state index contributed by atoms with van der Waals surface area (Å²) in [5, 5.41) is -0.586. The van der Waals surface area contributed by atoms with Crippen LogP contribution in [0.15, 0.2) is 0 Å². The summed E-state index contributed by atoms with van der Waals surface area (Å²) < 4.78 is 47.9. The lowest BCUT2D eigenvalue weighted by atomic mass is 9.82. The number of unbranched alkanes of at least 4 members (excludes halogenated alkanes) is 2. The Morgan fingerprint density at radius 1 is 1.04 bits per heavy atom. The van der Waals surface area contributed by atoms with Gasteiger partial charge in [-0.15, -0.1) is 0 Å². The van der Waals surface area contributed by atoms with Gasteiger partial charge in [-0.1, -0.05) is 49.5 Å². The zero-order chi connectivity index (χ0) is 18.1. The molecule has 23 heavy (non-hydrogen) atoms. The van der Waals surface area contributed by atoms with Crippen molar-refractivity contribution in [3.63, 3.8) is 0 Å². The van der Waals surface area contributed by atoms with Crippen LogP contribution in [0.2, 0.25) is 0 Å². The first kappa shape index (κ1) is 22.2. The largest absolute Gasteiger partial charge is 0.465 e. The lowest BCUT2D eigenvalue weighted by Gasteiger charge is -2.29. The summed E-state index contributed by atoms with van der Waals surface area (Å²) in [6, 6.07) is 0. The summed E-state index contributed by atoms with van der Waals surface area (Å²) in [5.41, 5.74) is -1.70. The van der Waals surface area contributed by atoms with Crippen molar-refractivity contribution in [1.82, 2.24) is 0 Å². The van der Waals surface area contributed by atoms with Crippen molar-refractivity contribution in [2.24, 2.45) is 5.41 Å². The second-order valence-electron chi connectivity index (χ2n) is 5.22. The van der Waals surface area contributed by atoms with E-state index in [0.29, 0.717) is 6.42 Å². The molecule has 0 heterocycles. The van der Waals surface area contributed by atoms with Gasteiger partial charge in [-0.25, -0.2) is 0 Å². The molecule has 0 aliphatic heterocycles. The van der Waals surface area contributed by atoms with Gasteiger partial charge in [-0.2, -0.15) is 13.2 Å². The number of halogens is 4. The molecule has 0 spiro atoms. The van der Waals surface area contributed by atoms with Crippen molar-refractivity contribution < 1.29 is 32.2 Å². The first-order valence-electron chi connectivity index (χ1n) is 7.70. The van der Waals surface area contributed by atoms with Gasteiger partial charge in [0.2, 0.25) is 6.10 Å². The van der Waals surface area contributed by atoms with E-state index in [1.807, 2.05) is 6.92 Å². The molecule has 0 radical (unpaired) electrons. The summed E-state index contributed by atoms with van der Waals surface area (Å²) in [4.78, 5) is 24.5. The Kier molecular flexibility index (Phi) is 9.80. The molecule has 1 atom stereocenters. The summed E-state index contributed by atoms with van der Waals surface area (Å²) >= 11 is 2.67. The van der Waals surface area contributed by atoms with Gasteiger partial charge in [0.05, 0.1) is 6.61 Å². The maximum atomic E-state index is 12.7. The zero-order valence-corrected chi connectivity index (χ0v) is 15.3. The van der Waals surface area contributed by atoms with Crippen LogP contribution in [-0.4, -0.2) is 36.2 Å². The molecular formula is C15H24BrF3O4. The van der Waals surface area contributed by atoms with E-state index in [2.05, 4.69) is 20.7 Å². The third kappa shape index (κ3) is 6.31. The minimum Gasteiger partial charge on any atom is -0.465 e. The first-order chi connectivity index (χ1) is 10.7. The molecule has 0 bridgehead atoms. The normalized spacial score (nSPS) is 13.5. The van der Waals surface area contributed by atoms with Gasteiger partial charge in [0, 0.05) is 5.33 Å². The Balaban J connectivity index is 5.04. The Morgan fingerprint density at radius 2 is 1.61 bits per heavy atom. The van der Waals surface area contributed by atoms with E-state index in [0.717, 1.165) is 12.8 Å². The zero-order valence-electron chi connectivity index (χ0n) is 13.7. The molecule has 8 heteroatoms. The number of hydrogen-bond donors (Lipinski definition) is 0. The molecule has 0 aliphatic carbocycles. The van der Waals surface area contributed by atoms with Crippen molar-refractivity contribution in [3.05, 3.63) is 0 Å². The Labute approximate surface area is 143 Å². The number of alkyl halides is 4. The van der Waals surface area contributed by atoms with Crippen LogP contribution >= 0.6 is 15.9 Å². The van der Waals surface area contributed by atoms with Crippen LogP contribution in [-0.2, 0) is 19.1 Å². The van der Waals surface area contributed by atoms with Gasteiger partial charge in [0.25, 0.3) is 0 Å². The minimum atomic E-state index is -4.70. The summed E-state index contributed by atoms with van der Waals surface area (Å²) in [6.07, 6.45) is -4.51. The molecule has 0 rings (SSSR count). The molecule has 0 aromatic rings. The highest BCUT2D eigenvalue weighted by molar-refractivity contribution is 9.09. The standard InChI is InChI=1S/C15H24BrF3O4/c1-4-7-8-9-22-12(20)14(5-2,6-3)13(21)23-11(10-16)15(17,18)19/h11H,4-10H2,1-3H3. The van der Waals surface area contributed by atoms with Crippen LogP contribution in [0.4, 0.5) is 13.2 Å². The Hall–Kier alpha value is -0.790. The third-order valence-electron chi connectivity index (χ3n) is 3.72. The molecule has 0 amide bonds. The fourth-order valence-corrected chi connectivity index (χ4v) is 2.49. The molecule has 136 valence electrons. The van der Waals surface area contributed by atoms with Crippen LogP contribution in [0.5, 0.6) is 0 Å².